The molecule has 2 unspecified atom stereocenters. The summed E-state index contributed by atoms with van der Waals surface area (Å²) in [6.07, 6.45) is 0.281. The minimum atomic E-state index is -1.59. The zero-order chi connectivity index (χ0) is 13.4. The van der Waals surface area contributed by atoms with Crippen LogP contribution in [0.5, 0.6) is 5.75 Å². The molecular weight excluding hydrogens is 234 g/mol. The number of methoxy groups -OCH3 is 1. The Bertz CT molecular complexity index is 412. The molecule has 0 saturated carbocycles. The number of ether oxygens (including phenoxy) is 1. The molecule has 2 rings (SSSR count). The van der Waals surface area contributed by atoms with Gasteiger partial charge >= 0.3 is 0 Å². The van der Waals surface area contributed by atoms with Crippen molar-refractivity contribution in [2.45, 2.75) is 37.7 Å². The lowest BCUT2D eigenvalue weighted by molar-refractivity contribution is -0.284. The summed E-state index contributed by atoms with van der Waals surface area (Å²) in [5.74, 6) is -0.812. The van der Waals surface area contributed by atoms with Gasteiger partial charge in [0.1, 0.15) is 11.4 Å². The zero-order valence-corrected chi connectivity index (χ0v) is 10.8. The molecule has 1 aliphatic rings. The van der Waals surface area contributed by atoms with E-state index in [0.29, 0.717) is 0 Å². The molecule has 0 aromatic heterocycles. The van der Waals surface area contributed by atoms with Crippen LogP contribution < -0.4 is 10.2 Å². The number of hydrogen-bond donors (Lipinski definition) is 3. The van der Waals surface area contributed by atoms with Gasteiger partial charge in [0.15, 0.2) is 0 Å². The van der Waals surface area contributed by atoms with Crippen LogP contribution in [0.1, 0.15) is 31.9 Å². The summed E-state index contributed by atoms with van der Waals surface area (Å²) in [6, 6.07) is 7.33. The third-order valence-corrected chi connectivity index (χ3v) is 3.32. The van der Waals surface area contributed by atoms with Crippen molar-refractivity contribution < 1.29 is 19.8 Å². The maximum Gasteiger partial charge on any atom is 0.215 e. The molecule has 1 fully saturated rings. The molecule has 18 heavy (non-hydrogen) atoms. The van der Waals surface area contributed by atoms with Gasteiger partial charge in [-0.2, -0.15) is 5.48 Å². The molecular formula is C13H19NO4. The van der Waals surface area contributed by atoms with E-state index in [9.17, 15) is 10.2 Å². The SMILES string of the molecule is COc1ccc(C2CC(O)(C(C)(C)O)ON2)cc1. The van der Waals surface area contributed by atoms with Gasteiger partial charge in [0.2, 0.25) is 5.79 Å². The molecule has 5 heteroatoms. The minimum absolute atomic E-state index is 0.160. The second-order valence-electron chi connectivity index (χ2n) is 5.09. The standard InChI is InChI=1S/C13H19NO4/c1-12(2,15)13(16)8-11(14-18-13)9-4-6-10(17-3)7-5-9/h4-7,11,14-16H,8H2,1-3H3. The van der Waals surface area contributed by atoms with E-state index in [0.717, 1.165) is 11.3 Å². The monoisotopic (exact) mass is 253 g/mol. The van der Waals surface area contributed by atoms with Gasteiger partial charge < -0.3 is 14.9 Å². The number of hydrogen-bond acceptors (Lipinski definition) is 5. The predicted octanol–water partition coefficient (Wildman–Crippen LogP) is 1.12. The lowest BCUT2D eigenvalue weighted by atomic mass is 9.90. The van der Waals surface area contributed by atoms with Crippen LogP contribution in [0.4, 0.5) is 0 Å². The first-order valence-corrected chi connectivity index (χ1v) is 5.88. The Balaban J connectivity index is 2.13. The molecule has 1 aliphatic heterocycles. The average Bonchev–Trinajstić information content (AvgIpc) is 2.73. The van der Waals surface area contributed by atoms with Crippen LogP contribution >= 0.6 is 0 Å². The summed E-state index contributed by atoms with van der Waals surface area (Å²) in [6.45, 7) is 3.04. The van der Waals surface area contributed by atoms with Crippen LogP contribution in [-0.4, -0.2) is 28.7 Å². The van der Waals surface area contributed by atoms with Gasteiger partial charge in [0, 0.05) is 6.42 Å². The van der Waals surface area contributed by atoms with Crippen molar-refractivity contribution in [3.05, 3.63) is 29.8 Å². The Morgan fingerprint density at radius 1 is 1.39 bits per heavy atom. The van der Waals surface area contributed by atoms with Crippen molar-refractivity contribution in [1.29, 1.82) is 0 Å². The predicted molar refractivity (Wildman–Crippen MR) is 65.8 cm³/mol. The number of nitrogens with one attached hydrogen (secondary N) is 1. The molecule has 5 nitrogen and oxygen atoms in total. The molecule has 100 valence electrons. The van der Waals surface area contributed by atoms with Crippen molar-refractivity contribution in [3.8, 4) is 5.75 Å². The zero-order valence-electron chi connectivity index (χ0n) is 10.8. The highest BCUT2D eigenvalue weighted by Gasteiger charge is 2.50. The Morgan fingerprint density at radius 2 is 2.00 bits per heavy atom. The molecule has 0 amide bonds. The summed E-state index contributed by atoms with van der Waals surface area (Å²) in [5.41, 5.74) is 2.39. The van der Waals surface area contributed by atoms with Gasteiger partial charge in [-0.25, -0.2) is 0 Å². The van der Waals surface area contributed by atoms with Crippen molar-refractivity contribution in [1.82, 2.24) is 5.48 Å². The van der Waals surface area contributed by atoms with E-state index in [1.165, 1.54) is 13.8 Å². The van der Waals surface area contributed by atoms with E-state index in [1.807, 2.05) is 24.3 Å². The average molecular weight is 253 g/mol. The maximum absolute atomic E-state index is 10.2. The van der Waals surface area contributed by atoms with Gasteiger partial charge in [0.05, 0.1) is 13.2 Å². The molecule has 1 aromatic carbocycles. The van der Waals surface area contributed by atoms with E-state index in [1.54, 1.807) is 7.11 Å². The number of hydroxylamine groups is 1. The fraction of sp³-hybridized carbons (Fsp3) is 0.538. The van der Waals surface area contributed by atoms with Crippen LogP contribution in [0.15, 0.2) is 24.3 Å². The van der Waals surface area contributed by atoms with Gasteiger partial charge in [-0.3, -0.25) is 4.84 Å². The first-order valence-electron chi connectivity index (χ1n) is 5.88. The van der Waals surface area contributed by atoms with Gasteiger partial charge in [0.25, 0.3) is 0 Å². The summed E-state index contributed by atoms with van der Waals surface area (Å²) in [7, 11) is 1.61. The second kappa shape index (κ2) is 4.51. The number of aliphatic hydroxyl groups is 2. The summed E-state index contributed by atoms with van der Waals surface area (Å²) >= 11 is 0. The summed E-state index contributed by atoms with van der Waals surface area (Å²) in [5, 5.41) is 20.1. The van der Waals surface area contributed by atoms with Crippen molar-refractivity contribution in [2.24, 2.45) is 0 Å². The van der Waals surface area contributed by atoms with Gasteiger partial charge in [-0.1, -0.05) is 12.1 Å². The molecule has 3 N–H and O–H groups in total. The summed E-state index contributed by atoms with van der Waals surface area (Å²) in [4.78, 5) is 5.15. The maximum atomic E-state index is 10.2. The van der Waals surface area contributed by atoms with Gasteiger partial charge in [-0.15, -0.1) is 0 Å². The molecule has 1 aromatic rings. The van der Waals surface area contributed by atoms with Crippen LogP contribution in [0, 0.1) is 0 Å². The van der Waals surface area contributed by atoms with Crippen molar-refractivity contribution in [2.75, 3.05) is 7.11 Å². The quantitative estimate of drug-likeness (QED) is 0.753. The largest absolute Gasteiger partial charge is 0.497 e. The van der Waals surface area contributed by atoms with Crippen molar-refractivity contribution in [3.63, 3.8) is 0 Å². The molecule has 0 radical (unpaired) electrons. The van der Waals surface area contributed by atoms with Gasteiger partial charge in [-0.05, 0) is 31.5 Å². The normalized spacial score (nSPS) is 28.4. The lowest BCUT2D eigenvalue weighted by Crippen LogP contribution is -2.50. The first kappa shape index (κ1) is 13.3. The molecule has 2 atom stereocenters. The highest BCUT2D eigenvalue weighted by Crippen LogP contribution is 2.38. The number of benzene rings is 1. The third kappa shape index (κ3) is 2.35. The first-order chi connectivity index (χ1) is 8.36. The van der Waals surface area contributed by atoms with Crippen LogP contribution in [0.25, 0.3) is 0 Å². The molecule has 0 bridgehead atoms. The molecule has 0 aliphatic carbocycles. The topological polar surface area (TPSA) is 71.0 Å². The molecule has 1 heterocycles. The molecule has 0 spiro atoms. The van der Waals surface area contributed by atoms with E-state index in [-0.39, 0.29) is 12.5 Å². The third-order valence-electron chi connectivity index (χ3n) is 3.32. The van der Waals surface area contributed by atoms with E-state index >= 15 is 0 Å². The Hall–Kier alpha value is -1.14. The van der Waals surface area contributed by atoms with E-state index < -0.39 is 11.4 Å². The minimum Gasteiger partial charge on any atom is -0.497 e. The Kier molecular flexibility index (Phi) is 3.33. The van der Waals surface area contributed by atoms with Crippen molar-refractivity contribution >= 4 is 0 Å². The Morgan fingerprint density at radius 3 is 2.44 bits per heavy atom. The number of rotatable bonds is 3. The van der Waals surface area contributed by atoms with Crippen LogP contribution in [0.2, 0.25) is 0 Å². The smallest absolute Gasteiger partial charge is 0.215 e. The highest BCUT2D eigenvalue weighted by atomic mass is 16.8. The van der Waals surface area contributed by atoms with Crippen LogP contribution in [0.3, 0.4) is 0 Å². The van der Waals surface area contributed by atoms with E-state index in [4.69, 9.17) is 9.57 Å². The fourth-order valence-corrected chi connectivity index (χ4v) is 1.93. The lowest BCUT2D eigenvalue weighted by Gasteiger charge is -2.32. The van der Waals surface area contributed by atoms with E-state index in [2.05, 4.69) is 5.48 Å². The van der Waals surface area contributed by atoms with Crippen LogP contribution in [-0.2, 0) is 4.84 Å². The Labute approximate surface area is 106 Å². The highest BCUT2D eigenvalue weighted by molar-refractivity contribution is 5.29. The second-order valence-corrected chi connectivity index (χ2v) is 5.09. The molecule has 1 saturated heterocycles. The summed E-state index contributed by atoms with van der Waals surface area (Å²) < 4.78 is 5.09. The fourth-order valence-electron chi connectivity index (χ4n) is 1.93.